The molecule has 7 heteroatoms. The molecule has 7 nitrogen and oxygen atoms in total. The number of hydrogen-bond acceptors (Lipinski definition) is 5. The van der Waals surface area contributed by atoms with Gasteiger partial charge >= 0.3 is 0 Å². The summed E-state index contributed by atoms with van der Waals surface area (Å²) in [5.41, 5.74) is 1.78. The molecule has 2 saturated heterocycles. The molecule has 3 heterocycles. The number of carbonyl (C=O) groups is 1. The quantitative estimate of drug-likeness (QED) is 0.704. The van der Waals surface area contributed by atoms with Gasteiger partial charge in [0.1, 0.15) is 17.3 Å². The molecule has 1 aromatic carbocycles. The maximum Gasteiger partial charge on any atom is 0.257 e. The van der Waals surface area contributed by atoms with Crippen LogP contribution < -0.4 is 9.47 Å². The molecule has 1 amide bonds. The predicted octanol–water partition coefficient (Wildman–Crippen LogP) is 3.66. The lowest BCUT2D eigenvalue weighted by Crippen LogP contribution is -2.41. The largest absolute Gasteiger partial charge is 0.497 e. The maximum absolute atomic E-state index is 13.3. The Morgan fingerprint density at radius 1 is 1.19 bits per heavy atom. The van der Waals surface area contributed by atoms with Gasteiger partial charge in [0.25, 0.3) is 5.91 Å². The van der Waals surface area contributed by atoms with Crippen LogP contribution in [-0.4, -0.2) is 60.9 Å². The summed E-state index contributed by atoms with van der Waals surface area (Å²) in [4.78, 5) is 20.0. The number of aryl methyl sites for hydroxylation is 1. The van der Waals surface area contributed by atoms with Crippen molar-refractivity contribution in [3.63, 3.8) is 0 Å². The number of carbonyl (C=O) groups excluding carboxylic acids is 1. The van der Waals surface area contributed by atoms with Crippen molar-refractivity contribution in [2.45, 2.75) is 45.1 Å². The molecular formula is C24H33N3O4. The van der Waals surface area contributed by atoms with Gasteiger partial charge in [-0.15, -0.1) is 0 Å². The fourth-order valence-corrected chi connectivity index (χ4v) is 4.80. The highest BCUT2D eigenvalue weighted by Gasteiger charge is 2.29. The van der Waals surface area contributed by atoms with E-state index in [0.29, 0.717) is 28.9 Å². The summed E-state index contributed by atoms with van der Waals surface area (Å²) in [6, 6.07) is 5.38. The van der Waals surface area contributed by atoms with Crippen molar-refractivity contribution in [2.75, 3.05) is 40.5 Å². The SMILES string of the molecule is COc1ccc(C(=O)N2CCCC(Cn3c(C)cnc3C3CCOCC3)C2)c(OC)c1. The van der Waals surface area contributed by atoms with Gasteiger partial charge in [-0.05, 0) is 50.7 Å². The first-order chi connectivity index (χ1) is 15.1. The van der Waals surface area contributed by atoms with Crippen LogP contribution in [-0.2, 0) is 11.3 Å². The third-order valence-corrected chi connectivity index (χ3v) is 6.56. The van der Waals surface area contributed by atoms with Crippen molar-refractivity contribution in [3.05, 3.63) is 41.5 Å². The Morgan fingerprint density at radius 3 is 2.74 bits per heavy atom. The normalized spacial score (nSPS) is 20.0. The Morgan fingerprint density at radius 2 is 2.00 bits per heavy atom. The van der Waals surface area contributed by atoms with Crippen molar-refractivity contribution in [2.24, 2.45) is 5.92 Å². The van der Waals surface area contributed by atoms with Gasteiger partial charge in [-0.25, -0.2) is 4.98 Å². The third-order valence-electron chi connectivity index (χ3n) is 6.56. The zero-order valence-corrected chi connectivity index (χ0v) is 18.8. The smallest absolute Gasteiger partial charge is 0.257 e. The Kier molecular flexibility index (Phi) is 6.80. The molecule has 31 heavy (non-hydrogen) atoms. The van der Waals surface area contributed by atoms with E-state index >= 15 is 0 Å². The number of methoxy groups -OCH3 is 2. The van der Waals surface area contributed by atoms with Crippen LogP contribution >= 0.6 is 0 Å². The molecule has 1 atom stereocenters. The van der Waals surface area contributed by atoms with Crippen LogP contribution in [0.1, 0.15) is 53.5 Å². The summed E-state index contributed by atoms with van der Waals surface area (Å²) in [5, 5.41) is 0. The van der Waals surface area contributed by atoms with E-state index in [9.17, 15) is 4.79 Å². The van der Waals surface area contributed by atoms with Crippen LogP contribution in [0.15, 0.2) is 24.4 Å². The van der Waals surface area contributed by atoms with E-state index in [2.05, 4.69) is 11.5 Å². The van der Waals surface area contributed by atoms with Crippen molar-refractivity contribution < 1.29 is 19.0 Å². The predicted molar refractivity (Wildman–Crippen MR) is 118 cm³/mol. The zero-order valence-electron chi connectivity index (χ0n) is 18.8. The number of benzene rings is 1. The number of nitrogens with zero attached hydrogens (tertiary/aromatic N) is 3. The molecule has 0 N–H and O–H groups in total. The monoisotopic (exact) mass is 427 g/mol. The summed E-state index contributed by atoms with van der Waals surface area (Å²) in [5.74, 6) is 3.32. The average molecular weight is 428 g/mol. The number of aromatic nitrogens is 2. The minimum absolute atomic E-state index is 0.0243. The van der Waals surface area contributed by atoms with Crippen LogP contribution in [0.4, 0.5) is 0 Å². The van der Waals surface area contributed by atoms with Gasteiger partial charge in [-0.3, -0.25) is 4.79 Å². The first kappa shape index (κ1) is 21.7. The van der Waals surface area contributed by atoms with E-state index < -0.39 is 0 Å². The second kappa shape index (κ2) is 9.73. The molecule has 2 aliphatic heterocycles. The molecule has 0 aliphatic carbocycles. The van der Waals surface area contributed by atoms with E-state index in [1.165, 1.54) is 11.5 Å². The number of rotatable bonds is 6. The summed E-state index contributed by atoms with van der Waals surface area (Å²) in [6.07, 6.45) is 6.17. The standard InChI is InChI=1S/C24H33N3O4/c1-17-14-25-23(19-8-11-31-12-9-19)27(17)16-18-5-4-10-26(15-18)24(28)21-7-6-20(29-2)13-22(21)30-3/h6-7,13-14,18-19H,4-5,8-12,15-16H2,1-3H3. The number of hydrogen-bond donors (Lipinski definition) is 0. The van der Waals surface area contributed by atoms with Crippen molar-refractivity contribution in [1.82, 2.24) is 14.5 Å². The molecule has 0 bridgehead atoms. The highest BCUT2D eigenvalue weighted by molar-refractivity contribution is 5.97. The van der Waals surface area contributed by atoms with E-state index in [1.54, 1.807) is 26.4 Å². The second-order valence-corrected chi connectivity index (χ2v) is 8.58. The molecule has 168 valence electrons. The Bertz CT molecular complexity index is 904. The Labute approximate surface area is 184 Å². The lowest BCUT2D eigenvalue weighted by Gasteiger charge is -2.34. The van der Waals surface area contributed by atoms with Gasteiger partial charge in [0.15, 0.2) is 0 Å². The fourth-order valence-electron chi connectivity index (χ4n) is 4.80. The van der Waals surface area contributed by atoms with Crippen molar-refractivity contribution in [1.29, 1.82) is 0 Å². The average Bonchev–Trinajstić information content (AvgIpc) is 3.18. The van der Waals surface area contributed by atoms with Crippen LogP contribution in [0.2, 0.25) is 0 Å². The van der Waals surface area contributed by atoms with Crippen LogP contribution in [0.25, 0.3) is 0 Å². The molecular weight excluding hydrogens is 394 g/mol. The summed E-state index contributed by atoms with van der Waals surface area (Å²) >= 11 is 0. The Balaban J connectivity index is 1.47. The van der Waals surface area contributed by atoms with E-state index in [0.717, 1.165) is 58.5 Å². The number of ether oxygens (including phenoxy) is 3. The van der Waals surface area contributed by atoms with Gasteiger partial charge < -0.3 is 23.7 Å². The fraction of sp³-hybridized carbons (Fsp3) is 0.583. The molecule has 2 aliphatic rings. The van der Waals surface area contributed by atoms with Crippen molar-refractivity contribution >= 4 is 5.91 Å². The van der Waals surface area contributed by atoms with E-state index in [-0.39, 0.29) is 5.91 Å². The summed E-state index contributed by atoms with van der Waals surface area (Å²) in [6.45, 7) is 6.18. The van der Waals surface area contributed by atoms with Crippen molar-refractivity contribution in [3.8, 4) is 11.5 Å². The lowest BCUT2D eigenvalue weighted by atomic mass is 9.95. The third kappa shape index (κ3) is 4.71. The van der Waals surface area contributed by atoms with Gasteiger partial charge in [-0.2, -0.15) is 0 Å². The molecule has 4 rings (SSSR count). The highest BCUT2D eigenvalue weighted by Crippen LogP contribution is 2.30. The van der Waals surface area contributed by atoms with Crippen LogP contribution in [0.5, 0.6) is 11.5 Å². The molecule has 1 unspecified atom stereocenters. The number of piperidine rings is 1. The zero-order chi connectivity index (χ0) is 21.8. The first-order valence-electron chi connectivity index (χ1n) is 11.2. The van der Waals surface area contributed by atoms with Gasteiger partial charge in [-0.1, -0.05) is 0 Å². The van der Waals surface area contributed by atoms with E-state index in [1.807, 2.05) is 17.2 Å². The summed E-state index contributed by atoms with van der Waals surface area (Å²) in [7, 11) is 3.20. The van der Waals surface area contributed by atoms with E-state index in [4.69, 9.17) is 19.2 Å². The minimum atomic E-state index is 0.0243. The molecule has 0 spiro atoms. The first-order valence-corrected chi connectivity index (χ1v) is 11.2. The minimum Gasteiger partial charge on any atom is -0.497 e. The number of likely N-dealkylation sites (tertiary alicyclic amines) is 1. The van der Waals surface area contributed by atoms with Crippen LogP contribution in [0, 0.1) is 12.8 Å². The molecule has 0 saturated carbocycles. The second-order valence-electron chi connectivity index (χ2n) is 8.58. The Hall–Kier alpha value is -2.54. The molecule has 2 fully saturated rings. The van der Waals surface area contributed by atoms with Crippen LogP contribution in [0.3, 0.4) is 0 Å². The van der Waals surface area contributed by atoms with Gasteiger partial charge in [0.2, 0.25) is 0 Å². The lowest BCUT2D eigenvalue weighted by molar-refractivity contribution is 0.0653. The van der Waals surface area contributed by atoms with Gasteiger partial charge in [0.05, 0.1) is 19.8 Å². The highest BCUT2D eigenvalue weighted by atomic mass is 16.5. The number of imidazole rings is 1. The number of amides is 1. The van der Waals surface area contributed by atoms with Gasteiger partial charge in [0, 0.05) is 56.7 Å². The molecule has 1 aromatic heterocycles. The molecule has 0 radical (unpaired) electrons. The molecule has 2 aromatic rings. The summed E-state index contributed by atoms with van der Waals surface area (Å²) < 4.78 is 18.6. The maximum atomic E-state index is 13.3. The topological polar surface area (TPSA) is 65.8 Å².